The summed E-state index contributed by atoms with van der Waals surface area (Å²) < 4.78 is 5.05. The van der Waals surface area contributed by atoms with Gasteiger partial charge < -0.3 is 4.74 Å². The lowest BCUT2D eigenvalue weighted by Gasteiger charge is -2.11. The third-order valence-electron chi connectivity index (χ3n) is 3.15. The van der Waals surface area contributed by atoms with Crippen molar-refractivity contribution in [1.82, 2.24) is 9.97 Å². The van der Waals surface area contributed by atoms with Gasteiger partial charge in [0, 0.05) is 11.8 Å². The van der Waals surface area contributed by atoms with E-state index >= 15 is 0 Å². The van der Waals surface area contributed by atoms with Crippen molar-refractivity contribution in [2.24, 2.45) is 0 Å². The van der Waals surface area contributed by atoms with E-state index in [2.05, 4.69) is 42.9 Å². The average Bonchev–Trinajstić information content (AvgIpc) is 2.36. The van der Waals surface area contributed by atoms with Crippen LogP contribution in [-0.4, -0.2) is 17.1 Å². The third kappa shape index (κ3) is 2.13. The highest BCUT2D eigenvalue weighted by Gasteiger charge is 2.08. The minimum atomic E-state index is 0.403. The van der Waals surface area contributed by atoms with Gasteiger partial charge in [0.15, 0.2) is 0 Å². The number of methoxy groups -OCH3 is 1. The van der Waals surface area contributed by atoms with Crippen LogP contribution in [0.5, 0.6) is 6.01 Å². The summed E-state index contributed by atoms with van der Waals surface area (Å²) in [6.45, 7) is 6.37. The van der Waals surface area contributed by atoms with Gasteiger partial charge in [0.1, 0.15) is 0 Å². The lowest BCUT2D eigenvalue weighted by atomic mass is 9.97. The fourth-order valence-corrected chi connectivity index (χ4v) is 1.82. The molecule has 0 radical (unpaired) electrons. The van der Waals surface area contributed by atoms with Gasteiger partial charge in [-0.1, -0.05) is 12.1 Å². The molecule has 3 heteroatoms. The van der Waals surface area contributed by atoms with Crippen LogP contribution in [0.4, 0.5) is 0 Å². The van der Waals surface area contributed by atoms with Crippen molar-refractivity contribution in [2.75, 3.05) is 7.11 Å². The van der Waals surface area contributed by atoms with Crippen molar-refractivity contribution in [2.45, 2.75) is 20.8 Å². The topological polar surface area (TPSA) is 35.0 Å². The van der Waals surface area contributed by atoms with Crippen LogP contribution >= 0.6 is 0 Å². The molecule has 0 saturated heterocycles. The molecule has 0 amide bonds. The molecule has 0 aliphatic carbocycles. The molecule has 17 heavy (non-hydrogen) atoms. The van der Waals surface area contributed by atoms with Gasteiger partial charge in [0.25, 0.3) is 0 Å². The van der Waals surface area contributed by atoms with E-state index in [1.54, 1.807) is 13.3 Å². The third-order valence-corrected chi connectivity index (χ3v) is 3.15. The lowest BCUT2D eigenvalue weighted by molar-refractivity contribution is 0.380. The van der Waals surface area contributed by atoms with Crippen molar-refractivity contribution >= 4 is 0 Å². The van der Waals surface area contributed by atoms with Crippen molar-refractivity contribution in [3.63, 3.8) is 0 Å². The van der Waals surface area contributed by atoms with Crippen molar-refractivity contribution in [3.8, 4) is 17.3 Å². The van der Waals surface area contributed by atoms with E-state index in [9.17, 15) is 0 Å². The van der Waals surface area contributed by atoms with E-state index in [0.29, 0.717) is 6.01 Å². The summed E-state index contributed by atoms with van der Waals surface area (Å²) in [6.07, 6.45) is 1.72. The summed E-state index contributed by atoms with van der Waals surface area (Å²) in [5.41, 5.74) is 5.89. The zero-order valence-corrected chi connectivity index (χ0v) is 10.6. The van der Waals surface area contributed by atoms with Gasteiger partial charge in [-0.25, -0.2) is 4.98 Å². The van der Waals surface area contributed by atoms with Gasteiger partial charge in [-0.15, -0.1) is 0 Å². The molecule has 1 aromatic carbocycles. The van der Waals surface area contributed by atoms with Crippen molar-refractivity contribution in [3.05, 3.63) is 41.1 Å². The predicted octanol–water partition coefficient (Wildman–Crippen LogP) is 3.08. The number of aromatic nitrogens is 2. The summed E-state index contributed by atoms with van der Waals surface area (Å²) in [5.74, 6) is 0. The summed E-state index contributed by atoms with van der Waals surface area (Å²) >= 11 is 0. The van der Waals surface area contributed by atoms with Crippen LogP contribution < -0.4 is 4.74 Å². The molecule has 0 N–H and O–H groups in total. The smallest absolute Gasteiger partial charge is 0.316 e. The van der Waals surface area contributed by atoms with Gasteiger partial charge in [0.05, 0.1) is 12.8 Å². The van der Waals surface area contributed by atoms with E-state index in [1.165, 1.54) is 16.7 Å². The molecule has 0 unspecified atom stereocenters. The number of hydrogen-bond acceptors (Lipinski definition) is 3. The first-order valence-corrected chi connectivity index (χ1v) is 5.57. The highest BCUT2D eigenvalue weighted by Crippen LogP contribution is 2.26. The Balaban J connectivity index is 2.56. The van der Waals surface area contributed by atoms with E-state index in [4.69, 9.17) is 4.74 Å². The molecule has 2 rings (SSSR count). The van der Waals surface area contributed by atoms with Crippen LogP contribution in [-0.2, 0) is 0 Å². The zero-order valence-electron chi connectivity index (χ0n) is 10.6. The second-order valence-corrected chi connectivity index (χ2v) is 4.11. The van der Waals surface area contributed by atoms with Crippen molar-refractivity contribution in [1.29, 1.82) is 0 Å². The second kappa shape index (κ2) is 4.53. The number of rotatable bonds is 2. The Kier molecular flexibility index (Phi) is 3.09. The molecule has 0 aliphatic rings. The Hall–Kier alpha value is -1.90. The van der Waals surface area contributed by atoms with E-state index in [-0.39, 0.29) is 0 Å². The first-order chi connectivity index (χ1) is 8.13. The predicted molar refractivity (Wildman–Crippen MR) is 68.2 cm³/mol. The molecule has 88 valence electrons. The van der Waals surface area contributed by atoms with Gasteiger partial charge in [-0.3, -0.25) is 0 Å². The average molecular weight is 228 g/mol. The van der Waals surface area contributed by atoms with Crippen LogP contribution in [0.2, 0.25) is 0 Å². The largest absolute Gasteiger partial charge is 0.467 e. The molecule has 1 aromatic heterocycles. The van der Waals surface area contributed by atoms with Crippen LogP contribution in [0.1, 0.15) is 16.7 Å². The summed E-state index contributed by atoms with van der Waals surface area (Å²) in [5, 5.41) is 0. The van der Waals surface area contributed by atoms with Crippen molar-refractivity contribution < 1.29 is 4.74 Å². The lowest BCUT2D eigenvalue weighted by Crippen LogP contribution is -1.96. The van der Waals surface area contributed by atoms with Crippen LogP contribution in [0.15, 0.2) is 24.4 Å². The SMILES string of the molecule is COc1nccc(-c2ccc(C)c(C)c2C)n1. The quantitative estimate of drug-likeness (QED) is 0.792. The Morgan fingerprint density at radius 2 is 1.76 bits per heavy atom. The molecule has 0 saturated carbocycles. The molecule has 0 spiro atoms. The number of aryl methyl sites for hydroxylation is 1. The first kappa shape index (κ1) is 11.6. The summed E-state index contributed by atoms with van der Waals surface area (Å²) in [6, 6.07) is 6.52. The number of benzene rings is 1. The van der Waals surface area contributed by atoms with Gasteiger partial charge >= 0.3 is 6.01 Å². The standard InChI is InChI=1S/C14H16N2O/c1-9-5-6-12(11(3)10(9)2)13-7-8-15-14(16-13)17-4/h5-8H,1-4H3. The maximum absolute atomic E-state index is 5.05. The summed E-state index contributed by atoms with van der Waals surface area (Å²) in [7, 11) is 1.58. The molecule has 2 aromatic rings. The Morgan fingerprint density at radius 3 is 2.47 bits per heavy atom. The molecule has 0 fully saturated rings. The zero-order chi connectivity index (χ0) is 12.4. The fraction of sp³-hybridized carbons (Fsp3) is 0.286. The minimum absolute atomic E-state index is 0.403. The Morgan fingerprint density at radius 1 is 1.00 bits per heavy atom. The molecule has 0 bridgehead atoms. The van der Waals surface area contributed by atoms with Crippen LogP contribution in [0, 0.1) is 20.8 Å². The second-order valence-electron chi connectivity index (χ2n) is 4.11. The first-order valence-electron chi connectivity index (χ1n) is 5.57. The monoisotopic (exact) mass is 228 g/mol. The molecule has 0 aliphatic heterocycles. The molecular weight excluding hydrogens is 212 g/mol. The van der Waals surface area contributed by atoms with E-state index < -0.39 is 0 Å². The van der Waals surface area contributed by atoms with E-state index in [1.807, 2.05) is 6.07 Å². The Labute approximate surface area is 102 Å². The van der Waals surface area contributed by atoms with Crippen LogP contribution in [0.25, 0.3) is 11.3 Å². The van der Waals surface area contributed by atoms with Gasteiger partial charge in [-0.05, 0) is 43.5 Å². The number of ether oxygens (including phenoxy) is 1. The Bertz CT molecular complexity index is 550. The molecule has 0 atom stereocenters. The molecular formula is C14H16N2O. The molecule has 3 nitrogen and oxygen atoms in total. The normalized spacial score (nSPS) is 10.4. The number of nitrogens with zero attached hydrogens (tertiary/aromatic N) is 2. The van der Waals surface area contributed by atoms with Gasteiger partial charge in [-0.2, -0.15) is 4.98 Å². The minimum Gasteiger partial charge on any atom is -0.467 e. The van der Waals surface area contributed by atoms with E-state index in [0.717, 1.165) is 11.3 Å². The highest BCUT2D eigenvalue weighted by molar-refractivity contribution is 5.65. The van der Waals surface area contributed by atoms with Crippen LogP contribution in [0.3, 0.4) is 0 Å². The number of hydrogen-bond donors (Lipinski definition) is 0. The fourth-order valence-electron chi connectivity index (χ4n) is 1.82. The summed E-state index contributed by atoms with van der Waals surface area (Å²) in [4.78, 5) is 8.38. The molecule has 1 heterocycles. The van der Waals surface area contributed by atoms with Gasteiger partial charge in [0.2, 0.25) is 0 Å². The maximum atomic E-state index is 5.05. The maximum Gasteiger partial charge on any atom is 0.316 e. The highest BCUT2D eigenvalue weighted by atomic mass is 16.5.